The Hall–Kier alpha value is -2.69. The molecule has 1 fully saturated rings. The molecule has 1 aliphatic heterocycles. The van der Waals surface area contributed by atoms with Gasteiger partial charge in [0.2, 0.25) is 0 Å². The largest absolute Gasteiger partial charge is 0.352 e. The summed E-state index contributed by atoms with van der Waals surface area (Å²) in [5.74, 6) is 0.874. The van der Waals surface area contributed by atoms with Gasteiger partial charge < -0.3 is 20.1 Å². The summed E-state index contributed by atoms with van der Waals surface area (Å²) >= 11 is 0. The highest BCUT2D eigenvalue weighted by Crippen LogP contribution is 2.20. The van der Waals surface area contributed by atoms with Gasteiger partial charge in [-0.3, -0.25) is 4.99 Å². The number of aromatic nitrogens is 3. The summed E-state index contributed by atoms with van der Waals surface area (Å²) in [6.45, 7) is 2.92. The van der Waals surface area contributed by atoms with Crippen LogP contribution in [0.4, 0.5) is 10.2 Å². The fraction of sp³-hybridized carbons (Fsp3) is 0.318. The first-order chi connectivity index (χ1) is 14.7. The second-order valence-electron chi connectivity index (χ2n) is 7.37. The zero-order chi connectivity index (χ0) is 20.8. The van der Waals surface area contributed by atoms with Gasteiger partial charge in [-0.2, -0.15) is 0 Å². The summed E-state index contributed by atoms with van der Waals surface area (Å²) in [5.41, 5.74) is 2.40. The standard InChI is InChI=1S/C22H26FN7.HI/c1-24-22(28-19-7-10-30(15-19)21-20(23)6-3-8-26-21)27-13-17-4-2-5-18(12-17)14-29-11-9-25-16-29;/h2-6,8-9,11-12,16,19H,7,10,13-15H2,1H3,(H2,24,27,28);1H. The minimum atomic E-state index is -0.281. The van der Waals surface area contributed by atoms with Crippen LogP contribution in [0.5, 0.6) is 0 Å². The molecule has 4 rings (SSSR count). The number of benzene rings is 1. The normalized spacial score (nSPS) is 16.1. The van der Waals surface area contributed by atoms with Gasteiger partial charge >= 0.3 is 0 Å². The number of hydrogen-bond donors (Lipinski definition) is 2. The Labute approximate surface area is 198 Å². The van der Waals surface area contributed by atoms with E-state index in [-0.39, 0.29) is 35.8 Å². The molecule has 3 aromatic rings. The van der Waals surface area contributed by atoms with Crippen molar-refractivity contribution in [3.63, 3.8) is 0 Å². The van der Waals surface area contributed by atoms with E-state index in [4.69, 9.17) is 0 Å². The topological polar surface area (TPSA) is 70.4 Å². The summed E-state index contributed by atoms with van der Waals surface area (Å²) in [6.07, 6.45) is 8.09. The van der Waals surface area contributed by atoms with Crippen LogP contribution >= 0.6 is 24.0 Å². The Morgan fingerprint density at radius 3 is 2.87 bits per heavy atom. The molecule has 31 heavy (non-hydrogen) atoms. The number of imidazole rings is 1. The summed E-state index contributed by atoms with van der Waals surface area (Å²) in [4.78, 5) is 14.6. The van der Waals surface area contributed by atoms with E-state index < -0.39 is 0 Å². The van der Waals surface area contributed by atoms with Crippen molar-refractivity contribution in [2.24, 2.45) is 4.99 Å². The first-order valence-electron chi connectivity index (χ1n) is 10.1. The highest BCUT2D eigenvalue weighted by Gasteiger charge is 2.25. The third-order valence-electron chi connectivity index (χ3n) is 5.17. The lowest BCUT2D eigenvalue weighted by Gasteiger charge is -2.20. The Balaban J connectivity index is 0.00000272. The molecule has 1 atom stereocenters. The van der Waals surface area contributed by atoms with Crippen molar-refractivity contribution < 1.29 is 4.39 Å². The van der Waals surface area contributed by atoms with Crippen molar-refractivity contribution in [3.05, 3.63) is 78.3 Å². The maximum absolute atomic E-state index is 14.0. The minimum absolute atomic E-state index is 0. The summed E-state index contributed by atoms with van der Waals surface area (Å²) in [5, 5.41) is 6.82. The van der Waals surface area contributed by atoms with Crippen molar-refractivity contribution in [2.45, 2.75) is 25.6 Å². The van der Waals surface area contributed by atoms with E-state index >= 15 is 0 Å². The lowest BCUT2D eigenvalue weighted by molar-refractivity contribution is 0.612. The monoisotopic (exact) mass is 535 g/mol. The molecule has 0 saturated carbocycles. The van der Waals surface area contributed by atoms with Gasteiger partial charge in [0, 0.05) is 57.9 Å². The average molecular weight is 535 g/mol. The number of aliphatic imine (C=N–C) groups is 1. The van der Waals surface area contributed by atoms with E-state index in [1.807, 2.05) is 22.0 Å². The van der Waals surface area contributed by atoms with Gasteiger partial charge in [0.25, 0.3) is 0 Å². The highest BCUT2D eigenvalue weighted by atomic mass is 127. The number of nitrogens with zero attached hydrogens (tertiary/aromatic N) is 5. The van der Waals surface area contributed by atoms with Gasteiger partial charge in [0.1, 0.15) is 0 Å². The first kappa shape index (κ1) is 23.0. The molecule has 164 valence electrons. The molecule has 1 aromatic carbocycles. The minimum Gasteiger partial charge on any atom is -0.352 e. The van der Waals surface area contributed by atoms with Crippen molar-refractivity contribution in [3.8, 4) is 0 Å². The van der Waals surface area contributed by atoms with E-state index in [9.17, 15) is 4.39 Å². The molecule has 0 amide bonds. The van der Waals surface area contributed by atoms with E-state index in [0.29, 0.717) is 18.9 Å². The summed E-state index contributed by atoms with van der Waals surface area (Å²) < 4.78 is 16.0. The van der Waals surface area contributed by atoms with E-state index in [1.54, 1.807) is 25.5 Å². The fourth-order valence-electron chi connectivity index (χ4n) is 3.68. The van der Waals surface area contributed by atoms with Gasteiger partial charge in [-0.15, -0.1) is 24.0 Å². The zero-order valence-electron chi connectivity index (χ0n) is 17.4. The second kappa shape index (κ2) is 11.1. The molecule has 1 saturated heterocycles. The van der Waals surface area contributed by atoms with Gasteiger partial charge in [0.05, 0.1) is 6.33 Å². The third-order valence-corrected chi connectivity index (χ3v) is 5.17. The van der Waals surface area contributed by atoms with Crippen LogP contribution in [-0.4, -0.2) is 46.7 Å². The molecular formula is C22H27FIN7. The van der Waals surface area contributed by atoms with Crippen molar-refractivity contribution in [2.75, 3.05) is 25.0 Å². The maximum atomic E-state index is 14.0. The number of pyridine rings is 1. The van der Waals surface area contributed by atoms with Crippen molar-refractivity contribution >= 4 is 35.8 Å². The first-order valence-corrected chi connectivity index (χ1v) is 10.1. The van der Waals surface area contributed by atoms with Crippen LogP contribution in [0.25, 0.3) is 0 Å². The van der Waals surface area contributed by atoms with Gasteiger partial charge in [0.15, 0.2) is 17.6 Å². The Morgan fingerprint density at radius 2 is 2.10 bits per heavy atom. The molecule has 9 heteroatoms. The van der Waals surface area contributed by atoms with Crippen LogP contribution in [0.15, 0.2) is 66.3 Å². The molecular weight excluding hydrogens is 508 g/mol. The van der Waals surface area contributed by atoms with Gasteiger partial charge in [-0.05, 0) is 29.7 Å². The zero-order valence-corrected chi connectivity index (χ0v) is 19.7. The molecule has 1 aliphatic rings. The quantitative estimate of drug-likeness (QED) is 0.289. The van der Waals surface area contributed by atoms with E-state index in [2.05, 4.69) is 49.9 Å². The molecule has 0 bridgehead atoms. The van der Waals surface area contributed by atoms with Gasteiger partial charge in [-0.1, -0.05) is 24.3 Å². The van der Waals surface area contributed by atoms with E-state index in [0.717, 1.165) is 25.5 Å². The Bertz CT molecular complexity index is 993. The Kier molecular flexibility index (Phi) is 8.21. The Morgan fingerprint density at radius 1 is 1.23 bits per heavy atom. The predicted octanol–water partition coefficient (Wildman–Crippen LogP) is 3.03. The molecule has 3 heterocycles. The number of rotatable bonds is 6. The number of hydrogen-bond acceptors (Lipinski definition) is 4. The molecule has 1 unspecified atom stereocenters. The number of halogens is 2. The van der Waals surface area contributed by atoms with Crippen LogP contribution in [0, 0.1) is 5.82 Å². The fourth-order valence-corrected chi connectivity index (χ4v) is 3.68. The average Bonchev–Trinajstić information content (AvgIpc) is 3.44. The molecule has 2 N–H and O–H groups in total. The molecule has 0 spiro atoms. The molecule has 7 nitrogen and oxygen atoms in total. The smallest absolute Gasteiger partial charge is 0.191 e. The van der Waals surface area contributed by atoms with Crippen molar-refractivity contribution in [1.29, 1.82) is 0 Å². The lowest BCUT2D eigenvalue weighted by atomic mass is 10.1. The van der Waals surface area contributed by atoms with Gasteiger partial charge in [-0.25, -0.2) is 14.4 Å². The highest BCUT2D eigenvalue weighted by molar-refractivity contribution is 14.0. The molecule has 2 aromatic heterocycles. The van der Waals surface area contributed by atoms with Crippen LogP contribution in [0.2, 0.25) is 0 Å². The SMILES string of the molecule is CN=C(NCc1cccc(Cn2ccnc2)c1)NC1CCN(c2ncccc2F)C1.I. The van der Waals surface area contributed by atoms with Crippen molar-refractivity contribution in [1.82, 2.24) is 25.2 Å². The van der Waals surface area contributed by atoms with Crippen LogP contribution in [-0.2, 0) is 13.1 Å². The van der Waals surface area contributed by atoms with Crippen LogP contribution < -0.4 is 15.5 Å². The van der Waals surface area contributed by atoms with Crippen LogP contribution in [0.3, 0.4) is 0 Å². The lowest BCUT2D eigenvalue weighted by Crippen LogP contribution is -2.44. The number of nitrogens with one attached hydrogen (secondary N) is 2. The third kappa shape index (κ3) is 6.16. The molecule has 0 radical (unpaired) electrons. The number of guanidine groups is 1. The molecule has 0 aliphatic carbocycles. The van der Waals surface area contributed by atoms with E-state index in [1.165, 1.54) is 17.2 Å². The number of anilines is 1. The summed E-state index contributed by atoms with van der Waals surface area (Å²) in [6, 6.07) is 11.7. The summed E-state index contributed by atoms with van der Waals surface area (Å²) in [7, 11) is 1.76. The second-order valence-corrected chi connectivity index (χ2v) is 7.37. The predicted molar refractivity (Wildman–Crippen MR) is 131 cm³/mol. The van der Waals surface area contributed by atoms with Crippen LogP contribution in [0.1, 0.15) is 17.5 Å². The maximum Gasteiger partial charge on any atom is 0.191 e.